The zero-order valence-corrected chi connectivity index (χ0v) is 17.7. The van der Waals surface area contributed by atoms with Crippen LogP contribution in [-0.2, 0) is 11.3 Å². The number of ether oxygens (including phenoxy) is 3. The lowest BCUT2D eigenvalue weighted by Crippen LogP contribution is -2.19. The Balaban J connectivity index is 1.56. The van der Waals surface area contributed by atoms with E-state index in [9.17, 15) is 4.79 Å². The van der Waals surface area contributed by atoms with Crippen LogP contribution in [0.4, 0.5) is 5.69 Å². The number of hydrogen-bond donors (Lipinski definition) is 1. The average Bonchev–Trinajstić information content (AvgIpc) is 3.16. The second-order valence-electron chi connectivity index (χ2n) is 6.36. The normalized spacial score (nSPS) is 10.5. The summed E-state index contributed by atoms with van der Waals surface area (Å²) in [6, 6.07) is 12.6. The van der Waals surface area contributed by atoms with Crippen molar-refractivity contribution < 1.29 is 19.0 Å². The Hall–Kier alpha value is -3.19. The number of benzene rings is 2. The molecule has 0 fully saturated rings. The van der Waals surface area contributed by atoms with Gasteiger partial charge >= 0.3 is 0 Å². The number of carbonyl (C=O) groups is 1. The predicted molar refractivity (Wildman–Crippen MR) is 116 cm³/mol. The molecule has 0 aliphatic rings. The molecule has 0 atom stereocenters. The lowest BCUT2D eigenvalue weighted by molar-refractivity contribution is -0.118. The number of hydrogen-bond acceptors (Lipinski definition) is 5. The summed E-state index contributed by atoms with van der Waals surface area (Å²) >= 11 is 5.83. The molecular weight excluding hydrogens is 406 g/mol. The number of carbonyl (C=O) groups excluding carboxylic acids is 1. The summed E-state index contributed by atoms with van der Waals surface area (Å²) in [5, 5.41) is 7.68. The van der Waals surface area contributed by atoms with E-state index in [2.05, 4.69) is 10.4 Å². The van der Waals surface area contributed by atoms with Crippen molar-refractivity contribution in [3.8, 4) is 17.2 Å². The second kappa shape index (κ2) is 10.5. The molecule has 0 bridgehead atoms. The molecule has 3 rings (SSSR count). The van der Waals surface area contributed by atoms with Gasteiger partial charge in [-0.25, -0.2) is 0 Å². The number of anilines is 1. The molecule has 0 radical (unpaired) electrons. The number of halogens is 1. The molecule has 0 unspecified atom stereocenters. The van der Waals surface area contributed by atoms with Gasteiger partial charge in [0.15, 0.2) is 18.1 Å². The first kappa shape index (κ1) is 21.5. The molecule has 0 saturated carbocycles. The van der Waals surface area contributed by atoms with Crippen molar-refractivity contribution in [2.45, 2.75) is 20.4 Å². The van der Waals surface area contributed by atoms with Gasteiger partial charge in [-0.05, 0) is 55.8 Å². The summed E-state index contributed by atoms with van der Waals surface area (Å²) in [4.78, 5) is 12.1. The summed E-state index contributed by atoms with van der Waals surface area (Å²) < 4.78 is 18.4. The number of amides is 1. The van der Waals surface area contributed by atoms with Crippen molar-refractivity contribution in [1.29, 1.82) is 0 Å². The highest BCUT2D eigenvalue weighted by Crippen LogP contribution is 2.29. The van der Waals surface area contributed by atoms with Crippen molar-refractivity contribution >= 4 is 23.2 Å². The van der Waals surface area contributed by atoms with Crippen molar-refractivity contribution in [3.05, 3.63) is 65.4 Å². The van der Waals surface area contributed by atoms with Crippen molar-refractivity contribution in [1.82, 2.24) is 9.78 Å². The van der Waals surface area contributed by atoms with Gasteiger partial charge in [0, 0.05) is 11.2 Å². The van der Waals surface area contributed by atoms with Gasteiger partial charge in [0.2, 0.25) is 0 Å². The summed E-state index contributed by atoms with van der Waals surface area (Å²) in [7, 11) is 0. The van der Waals surface area contributed by atoms with Gasteiger partial charge in [-0.3, -0.25) is 9.48 Å². The van der Waals surface area contributed by atoms with E-state index in [1.54, 1.807) is 41.3 Å². The van der Waals surface area contributed by atoms with Gasteiger partial charge < -0.3 is 19.5 Å². The molecule has 1 aromatic heterocycles. The first-order valence-electron chi connectivity index (χ1n) is 9.66. The van der Waals surface area contributed by atoms with Crippen LogP contribution in [0.15, 0.2) is 54.9 Å². The summed E-state index contributed by atoms with van der Waals surface area (Å²) in [5.41, 5.74) is 1.60. The van der Waals surface area contributed by atoms with Crippen molar-refractivity contribution in [2.24, 2.45) is 0 Å². The van der Waals surface area contributed by atoms with E-state index >= 15 is 0 Å². The highest BCUT2D eigenvalue weighted by molar-refractivity contribution is 6.30. The summed E-state index contributed by atoms with van der Waals surface area (Å²) in [6.45, 7) is 5.42. The van der Waals surface area contributed by atoms with Gasteiger partial charge in [0.05, 0.1) is 31.6 Å². The molecule has 0 aliphatic heterocycles. The monoisotopic (exact) mass is 429 g/mol. The Morgan fingerprint density at radius 2 is 1.77 bits per heavy atom. The number of aromatic nitrogens is 2. The number of nitrogens with one attached hydrogen (secondary N) is 1. The van der Waals surface area contributed by atoms with Crippen LogP contribution in [0.1, 0.15) is 19.4 Å². The molecule has 158 valence electrons. The first-order valence-corrected chi connectivity index (χ1v) is 10.0. The zero-order chi connectivity index (χ0) is 21.3. The van der Waals surface area contributed by atoms with Gasteiger partial charge in [-0.1, -0.05) is 17.7 Å². The van der Waals surface area contributed by atoms with Crippen LogP contribution in [0.5, 0.6) is 17.2 Å². The molecule has 1 amide bonds. The summed E-state index contributed by atoms with van der Waals surface area (Å²) in [6.07, 6.45) is 3.36. The highest BCUT2D eigenvalue weighted by Gasteiger charge is 2.09. The van der Waals surface area contributed by atoms with E-state index in [4.69, 9.17) is 25.8 Å². The third-order valence-electron chi connectivity index (χ3n) is 4.05. The van der Waals surface area contributed by atoms with E-state index in [-0.39, 0.29) is 12.5 Å². The van der Waals surface area contributed by atoms with E-state index in [0.29, 0.717) is 42.0 Å². The molecule has 2 aromatic carbocycles. The van der Waals surface area contributed by atoms with Gasteiger partial charge in [-0.15, -0.1) is 0 Å². The van der Waals surface area contributed by atoms with Crippen molar-refractivity contribution in [3.63, 3.8) is 0 Å². The fourth-order valence-corrected chi connectivity index (χ4v) is 2.90. The third kappa shape index (κ3) is 6.15. The molecule has 0 aliphatic carbocycles. The Bertz CT molecular complexity index is 973. The average molecular weight is 430 g/mol. The molecule has 7 nitrogen and oxygen atoms in total. The van der Waals surface area contributed by atoms with E-state index in [1.165, 1.54) is 0 Å². The Labute approximate surface area is 180 Å². The van der Waals surface area contributed by atoms with E-state index in [1.807, 2.05) is 32.0 Å². The highest BCUT2D eigenvalue weighted by atomic mass is 35.5. The van der Waals surface area contributed by atoms with Gasteiger partial charge in [0.25, 0.3) is 5.91 Å². The fraction of sp³-hybridized carbons (Fsp3) is 0.273. The largest absolute Gasteiger partial charge is 0.490 e. The van der Waals surface area contributed by atoms with Crippen LogP contribution < -0.4 is 19.5 Å². The van der Waals surface area contributed by atoms with E-state index in [0.717, 1.165) is 11.3 Å². The quantitative estimate of drug-likeness (QED) is 0.517. The topological polar surface area (TPSA) is 74.6 Å². The van der Waals surface area contributed by atoms with Crippen LogP contribution in [0.3, 0.4) is 0 Å². The van der Waals surface area contributed by atoms with Crippen LogP contribution >= 0.6 is 11.6 Å². The van der Waals surface area contributed by atoms with E-state index < -0.39 is 0 Å². The minimum Gasteiger partial charge on any atom is -0.490 e. The van der Waals surface area contributed by atoms with Crippen LogP contribution in [0.2, 0.25) is 5.02 Å². The van der Waals surface area contributed by atoms with Crippen LogP contribution in [-0.4, -0.2) is 35.5 Å². The minimum absolute atomic E-state index is 0.108. The smallest absolute Gasteiger partial charge is 0.262 e. The minimum atomic E-state index is -0.274. The first-order chi connectivity index (χ1) is 14.6. The number of rotatable bonds is 10. The lowest BCUT2D eigenvalue weighted by atomic mass is 10.2. The zero-order valence-electron chi connectivity index (χ0n) is 16.9. The standard InChI is InChI=1S/C22H24ClN3O4/c1-3-28-20-10-5-16(11-21(20)29-4-2)13-26-14-18(12-24-26)25-22(27)15-30-19-8-6-17(23)7-9-19/h5-12,14H,3-4,13,15H2,1-2H3,(H,25,27). The molecule has 0 saturated heterocycles. The number of nitrogens with zero attached hydrogens (tertiary/aromatic N) is 2. The lowest BCUT2D eigenvalue weighted by Gasteiger charge is -2.12. The molecule has 1 N–H and O–H groups in total. The Kier molecular flexibility index (Phi) is 7.57. The second-order valence-corrected chi connectivity index (χ2v) is 6.80. The molecule has 3 aromatic rings. The van der Waals surface area contributed by atoms with Gasteiger partial charge in [-0.2, -0.15) is 5.10 Å². The fourth-order valence-electron chi connectivity index (χ4n) is 2.77. The SMILES string of the molecule is CCOc1ccc(Cn2cc(NC(=O)COc3ccc(Cl)cc3)cn2)cc1OCC. The third-order valence-corrected chi connectivity index (χ3v) is 4.30. The molecule has 0 spiro atoms. The molecule has 8 heteroatoms. The van der Waals surface area contributed by atoms with Crippen LogP contribution in [0.25, 0.3) is 0 Å². The molecule has 1 heterocycles. The van der Waals surface area contributed by atoms with Crippen molar-refractivity contribution in [2.75, 3.05) is 25.1 Å². The van der Waals surface area contributed by atoms with Crippen LogP contribution in [0, 0.1) is 0 Å². The summed E-state index contributed by atoms with van der Waals surface area (Å²) in [5.74, 6) is 1.73. The Morgan fingerprint density at radius 3 is 2.50 bits per heavy atom. The molecule has 30 heavy (non-hydrogen) atoms. The maximum Gasteiger partial charge on any atom is 0.262 e. The maximum absolute atomic E-state index is 12.1. The predicted octanol–water partition coefficient (Wildman–Crippen LogP) is 4.40. The molecular formula is C22H24ClN3O4. The Morgan fingerprint density at radius 1 is 1.03 bits per heavy atom. The maximum atomic E-state index is 12.1. The van der Waals surface area contributed by atoms with Gasteiger partial charge in [0.1, 0.15) is 5.75 Å².